The van der Waals surface area contributed by atoms with E-state index in [2.05, 4.69) is 78.7 Å². The van der Waals surface area contributed by atoms with Crippen LogP contribution in [0.4, 0.5) is 0 Å². The fourth-order valence-electron chi connectivity index (χ4n) is 4.86. The Kier molecular flexibility index (Phi) is 7.13. The molecule has 2 aliphatic heterocycles. The van der Waals surface area contributed by atoms with Crippen molar-refractivity contribution in [3.05, 3.63) is 95.6 Å². The Morgan fingerprint density at radius 2 is 1.59 bits per heavy atom. The van der Waals surface area contributed by atoms with Gasteiger partial charge < -0.3 is 9.47 Å². The molecule has 0 bridgehead atoms. The van der Waals surface area contributed by atoms with E-state index in [1.165, 1.54) is 43.2 Å². The number of hydrazone groups is 1. The molecule has 34 heavy (non-hydrogen) atoms. The van der Waals surface area contributed by atoms with Gasteiger partial charge in [0.1, 0.15) is 11.5 Å². The monoisotopic (exact) mass is 454 g/mol. The van der Waals surface area contributed by atoms with Crippen LogP contribution in [0.5, 0.6) is 11.5 Å². The van der Waals surface area contributed by atoms with Gasteiger partial charge in [-0.25, -0.2) is 5.01 Å². The lowest BCUT2D eigenvalue weighted by molar-refractivity contribution is -0.0190. The van der Waals surface area contributed by atoms with E-state index in [4.69, 9.17) is 14.6 Å². The summed E-state index contributed by atoms with van der Waals surface area (Å²) in [6.07, 6.45) is 8.24. The minimum atomic E-state index is -0.256. The molecule has 0 spiro atoms. The second-order valence-corrected chi connectivity index (χ2v) is 9.21. The van der Waals surface area contributed by atoms with Crippen molar-refractivity contribution in [1.82, 2.24) is 5.01 Å². The van der Waals surface area contributed by atoms with Crippen molar-refractivity contribution in [3.63, 3.8) is 0 Å². The summed E-state index contributed by atoms with van der Waals surface area (Å²) in [5.41, 5.74) is 4.57. The van der Waals surface area contributed by atoms with Crippen molar-refractivity contribution in [2.45, 2.75) is 64.1 Å². The fraction of sp³-hybridized carbons (Fsp3) is 0.367. The molecule has 4 nitrogen and oxygen atoms in total. The van der Waals surface area contributed by atoms with Gasteiger partial charge in [0.25, 0.3) is 0 Å². The van der Waals surface area contributed by atoms with E-state index in [0.717, 1.165) is 42.2 Å². The second-order valence-electron chi connectivity index (χ2n) is 9.21. The number of ether oxygens (including phenoxy) is 2. The molecule has 2 heterocycles. The Hall–Kier alpha value is -3.27. The average Bonchev–Trinajstić information content (AvgIpc) is 3.35. The summed E-state index contributed by atoms with van der Waals surface area (Å²) in [6.45, 7) is 3.03. The molecule has 0 aromatic heterocycles. The number of fused-ring (bicyclic) bond motifs is 3. The summed E-state index contributed by atoms with van der Waals surface area (Å²) in [5, 5.41) is 7.18. The zero-order valence-corrected chi connectivity index (χ0v) is 20.0. The van der Waals surface area contributed by atoms with E-state index in [9.17, 15) is 0 Å². The van der Waals surface area contributed by atoms with Gasteiger partial charge in [-0.3, -0.25) is 0 Å². The predicted octanol–water partition coefficient (Wildman–Crippen LogP) is 7.67. The van der Waals surface area contributed by atoms with Crippen LogP contribution in [0.1, 0.15) is 80.8 Å². The van der Waals surface area contributed by atoms with Crippen LogP contribution in [0.15, 0.2) is 84.0 Å². The first-order valence-electron chi connectivity index (χ1n) is 12.7. The number of rotatable bonds is 10. The smallest absolute Gasteiger partial charge is 0.213 e. The van der Waals surface area contributed by atoms with Gasteiger partial charge in [0, 0.05) is 17.5 Å². The van der Waals surface area contributed by atoms with Crippen LogP contribution in [-0.4, -0.2) is 17.3 Å². The highest BCUT2D eigenvalue weighted by Gasteiger charge is 2.40. The summed E-state index contributed by atoms with van der Waals surface area (Å²) < 4.78 is 12.5. The van der Waals surface area contributed by atoms with E-state index >= 15 is 0 Å². The van der Waals surface area contributed by atoms with E-state index in [0.29, 0.717) is 0 Å². The van der Waals surface area contributed by atoms with Crippen molar-refractivity contribution in [1.29, 1.82) is 0 Å². The molecule has 2 aliphatic rings. The third-order valence-electron chi connectivity index (χ3n) is 6.74. The fourth-order valence-corrected chi connectivity index (χ4v) is 4.86. The molecule has 3 aromatic carbocycles. The first kappa shape index (κ1) is 22.5. The topological polar surface area (TPSA) is 34.1 Å². The molecule has 0 aliphatic carbocycles. The molecule has 0 N–H and O–H groups in total. The Balaban J connectivity index is 1.29. The standard InChI is InChI=1S/C30H34N2O2/c1-2-3-4-5-6-12-21-33-25-19-17-24(18-20-25)30-32-28(26-15-10-11-16-29(26)34-30)22-27(31-32)23-13-8-7-9-14-23/h7-11,13-20,28,30H,2-6,12,21-22H2,1H3/t28-,30+/m0/s1. The SMILES string of the molecule is CCCCCCCCOc1ccc([C@H]2Oc3ccccc3[C@@H]3CC(c4ccccc4)=NN23)cc1. The van der Waals surface area contributed by atoms with Crippen LogP contribution in [0, 0.1) is 0 Å². The lowest BCUT2D eigenvalue weighted by Crippen LogP contribution is -2.33. The van der Waals surface area contributed by atoms with E-state index < -0.39 is 0 Å². The highest BCUT2D eigenvalue weighted by Crippen LogP contribution is 2.47. The molecule has 5 rings (SSSR count). The Labute approximate surface area is 203 Å². The summed E-state index contributed by atoms with van der Waals surface area (Å²) in [4.78, 5) is 0. The molecule has 2 atom stereocenters. The number of para-hydroxylation sites is 1. The Morgan fingerprint density at radius 3 is 2.41 bits per heavy atom. The van der Waals surface area contributed by atoms with Gasteiger partial charge in [0.2, 0.25) is 6.23 Å². The first-order chi connectivity index (χ1) is 16.8. The maximum atomic E-state index is 6.48. The maximum Gasteiger partial charge on any atom is 0.213 e. The van der Waals surface area contributed by atoms with Crippen LogP contribution < -0.4 is 9.47 Å². The number of hydrogen-bond donors (Lipinski definition) is 0. The molecule has 0 unspecified atom stereocenters. The van der Waals surface area contributed by atoms with E-state index in [1.807, 2.05) is 12.1 Å². The molecule has 0 radical (unpaired) electrons. The molecular weight excluding hydrogens is 420 g/mol. The van der Waals surface area contributed by atoms with Crippen molar-refractivity contribution < 1.29 is 9.47 Å². The molecule has 3 aromatic rings. The van der Waals surface area contributed by atoms with Crippen molar-refractivity contribution in [3.8, 4) is 11.5 Å². The van der Waals surface area contributed by atoms with E-state index in [1.54, 1.807) is 0 Å². The number of nitrogens with zero attached hydrogens (tertiary/aromatic N) is 2. The van der Waals surface area contributed by atoms with Crippen molar-refractivity contribution in [2.24, 2.45) is 5.10 Å². The third-order valence-corrected chi connectivity index (χ3v) is 6.74. The van der Waals surface area contributed by atoms with Crippen LogP contribution in [-0.2, 0) is 0 Å². The molecular formula is C30H34N2O2. The number of benzene rings is 3. The molecule has 0 saturated heterocycles. The molecule has 0 fully saturated rings. The van der Waals surface area contributed by atoms with Gasteiger partial charge in [0.05, 0.1) is 18.4 Å². The predicted molar refractivity (Wildman–Crippen MR) is 137 cm³/mol. The minimum absolute atomic E-state index is 0.175. The summed E-state index contributed by atoms with van der Waals surface area (Å²) in [6, 6.07) is 27.3. The molecule has 0 amide bonds. The lowest BCUT2D eigenvalue weighted by Gasteiger charge is -2.38. The van der Waals surface area contributed by atoms with Gasteiger partial charge >= 0.3 is 0 Å². The Bertz CT molecular complexity index is 1090. The number of hydrogen-bond acceptors (Lipinski definition) is 4. The van der Waals surface area contributed by atoms with Crippen molar-refractivity contribution >= 4 is 5.71 Å². The van der Waals surface area contributed by atoms with Gasteiger partial charge in [-0.1, -0.05) is 87.6 Å². The normalized spacial score (nSPS) is 18.6. The Morgan fingerprint density at radius 1 is 0.853 bits per heavy atom. The molecule has 176 valence electrons. The van der Waals surface area contributed by atoms with E-state index in [-0.39, 0.29) is 12.3 Å². The van der Waals surface area contributed by atoms with Crippen LogP contribution in [0.25, 0.3) is 0 Å². The zero-order chi connectivity index (χ0) is 23.2. The van der Waals surface area contributed by atoms with Gasteiger partial charge in [-0.05, 0) is 42.3 Å². The second kappa shape index (κ2) is 10.8. The summed E-state index contributed by atoms with van der Waals surface area (Å²) in [5.74, 6) is 1.86. The van der Waals surface area contributed by atoms with Crippen molar-refractivity contribution in [2.75, 3.05) is 6.61 Å². The largest absolute Gasteiger partial charge is 0.494 e. The van der Waals surface area contributed by atoms with Gasteiger partial charge in [-0.2, -0.15) is 5.10 Å². The first-order valence-corrected chi connectivity index (χ1v) is 12.7. The number of unbranched alkanes of at least 4 members (excludes halogenated alkanes) is 5. The lowest BCUT2D eigenvalue weighted by atomic mass is 9.96. The van der Waals surface area contributed by atoms with Crippen LogP contribution in [0.2, 0.25) is 0 Å². The highest BCUT2D eigenvalue weighted by molar-refractivity contribution is 6.01. The molecule has 4 heteroatoms. The van der Waals surface area contributed by atoms with Gasteiger partial charge in [-0.15, -0.1) is 0 Å². The highest BCUT2D eigenvalue weighted by atomic mass is 16.5. The van der Waals surface area contributed by atoms with Crippen LogP contribution in [0.3, 0.4) is 0 Å². The minimum Gasteiger partial charge on any atom is -0.494 e. The average molecular weight is 455 g/mol. The molecule has 0 saturated carbocycles. The summed E-state index contributed by atoms with van der Waals surface area (Å²) >= 11 is 0. The van der Waals surface area contributed by atoms with Crippen LogP contribution >= 0.6 is 0 Å². The third kappa shape index (κ3) is 4.96. The van der Waals surface area contributed by atoms with Gasteiger partial charge in [0.15, 0.2) is 0 Å². The zero-order valence-electron chi connectivity index (χ0n) is 20.0. The summed E-state index contributed by atoms with van der Waals surface area (Å²) in [7, 11) is 0. The quantitative estimate of drug-likeness (QED) is 0.295. The maximum absolute atomic E-state index is 6.48.